The Hall–Kier alpha value is -1.12. The van der Waals surface area contributed by atoms with Gasteiger partial charge in [-0.05, 0) is 12.3 Å². The number of carbonyl (C=O) groups excluding carboxylic acids is 1. The first-order chi connectivity index (χ1) is 11.4. The second kappa shape index (κ2) is 15.4. The lowest BCUT2D eigenvalue weighted by molar-refractivity contribution is -0.134. The van der Waals surface area contributed by atoms with E-state index in [1.165, 1.54) is 64.2 Å². The number of unbranched alkanes of at least 4 members (excludes halogenated alkanes) is 11. The predicted molar refractivity (Wildman–Crippen MR) is 101 cm³/mol. The van der Waals surface area contributed by atoms with Gasteiger partial charge in [-0.1, -0.05) is 97.5 Å². The van der Waals surface area contributed by atoms with Crippen LogP contribution in [-0.4, -0.2) is 16.9 Å². The molecule has 140 valence electrons. The average Bonchev–Trinajstić information content (AvgIpc) is 2.53. The highest BCUT2D eigenvalue weighted by Crippen LogP contribution is 2.14. The first-order valence-electron chi connectivity index (χ1n) is 9.90. The lowest BCUT2D eigenvalue weighted by atomic mass is 10.0. The van der Waals surface area contributed by atoms with Crippen molar-refractivity contribution in [3.63, 3.8) is 0 Å². The van der Waals surface area contributed by atoms with Crippen molar-refractivity contribution < 1.29 is 14.7 Å². The summed E-state index contributed by atoms with van der Waals surface area (Å²) in [4.78, 5) is 22.0. The van der Waals surface area contributed by atoms with Crippen molar-refractivity contribution in [2.24, 2.45) is 5.92 Å². The zero-order valence-corrected chi connectivity index (χ0v) is 15.9. The molecule has 0 rings (SSSR count). The Bertz CT molecular complexity index is 358. The largest absolute Gasteiger partial charge is 0.478 e. The third kappa shape index (κ3) is 14.5. The van der Waals surface area contributed by atoms with Crippen LogP contribution in [0.15, 0.2) is 12.2 Å². The van der Waals surface area contributed by atoms with Crippen molar-refractivity contribution in [2.45, 2.75) is 104 Å². The van der Waals surface area contributed by atoms with E-state index in [1.807, 2.05) is 0 Å². The third-order valence-electron chi connectivity index (χ3n) is 4.53. The molecule has 0 saturated carbocycles. The summed E-state index contributed by atoms with van der Waals surface area (Å²) in [5.41, 5.74) is -0.279. The predicted octanol–water partition coefficient (Wildman–Crippen LogP) is 6.31. The molecule has 0 aliphatic heterocycles. The highest BCUT2D eigenvalue weighted by molar-refractivity contribution is 6.15. The number of carboxylic acids is 1. The van der Waals surface area contributed by atoms with Crippen LogP contribution in [0.1, 0.15) is 104 Å². The lowest BCUT2D eigenvalue weighted by Gasteiger charge is -2.05. The van der Waals surface area contributed by atoms with Crippen LogP contribution in [0.2, 0.25) is 0 Å². The van der Waals surface area contributed by atoms with Gasteiger partial charge in [0.05, 0.1) is 5.57 Å². The Morgan fingerprint density at radius 2 is 1.12 bits per heavy atom. The molecule has 1 N–H and O–H groups in total. The smallest absolute Gasteiger partial charge is 0.338 e. The normalized spacial score (nSPS) is 11.0. The van der Waals surface area contributed by atoms with Gasteiger partial charge in [0.2, 0.25) is 0 Å². The standard InChI is InChI=1S/C21H38O3/c1-18(2)16-14-12-10-8-6-4-5-7-9-11-13-15-17-20(22)19(3)21(23)24/h18H,3-17H2,1-2H3,(H,23,24). The maximum atomic E-state index is 11.4. The number of hydrogen-bond donors (Lipinski definition) is 1. The molecule has 0 aliphatic carbocycles. The van der Waals surface area contributed by atoms with Gasteiger partial charge in [0.15, 0.2) is 5.78 Å². The highest BCUT2D eigenvalue weighted by Gasteiger charge is 2.13. The molecule has 0 aromatic rings. The van der Waals surface area contributed by atoms with Crippen molar-refractivity contribution in [1.29, 1.82) is 0 Å². The van der Waals surface area contributed by atoms with E-state index in [1.54, 1.807) is 0 Å². The fraction of sp³-hybridized carbons (Fsp3) is 0.810. The molecule has 3 nitrogen and oxygen atoms in total. The minimum Gasteiger partial charge on any atom is -0.478 e. The van der Waals surface area contributed by atoms with Gasteiger partial charge >= 0.3 is 5.97 Å². The van der Waals surface area contributed by atoms with Crippen molar-refractivity contribution in [2.75, 3.05) is 0 Å². The minimum absolute atomic E-state index is 0.279. The quantitative estimate of drug-likeness (QED) is 0.146. The van der Waals surface area contributed by atoms with Gasteiger partial charge in [-0.2, -0.15) is 0 Å². The highest BCUT2D eigenvalue weighted by atomic mass is 16.4. The molecule has 0 aliphatic rings. The molecule has 0 fully saturated rings. The Morgan fingerprint density at radius 1 is 0.750 bits per heavy atom. The molecule has 0 atom stereocenters. The zero-order valence-electron chi connectivity index (χ0n) is 15.9. The number of carboxylic acid groups (broad SMARTS) is 1. The summed E-state index contributed by atoms with van der Waals surface area (Å²) in [6.07, 6.45) is 16.7. The van der Waals surface area contributed by atoms with Crippen LogP contribution in [0.25, 0.3) is 0 Å². The summed E-state index contributed by atoms with van der Waals surface area (Å²) in [6.45, 7) is 7.89. The van der Waals surface area contributed by atoms with Crippen LogP contribution in [0, 0.1) is 5.92 Å². The number of hydrogen-bond acceptors (Lipinski definition) is 2. The second-order valence-corrected chi connectivity index (χ2v) is 7.38. The molecular weight excluding hydrogens is 300 g/mol. The maximum absolute atomic E-state index is 11.4. The van der Waals surface area contributed by atoms with Gasteiger partial charge in [0.25, 0.3) is 0 Å². The Labute approximate surface area is 148 Å². The summed E-state index contributed by atoms with van der Waals surface area (Å²) in [7, 11) is 0. The van der Waals surface area contributed by atoms with Gasteiger partial charge in [0.1, 0.15) is 0 Å². The molecule has 0 spiro atoms. The van der Waals surface area contributed by atoms with Crippen molar-refractivity contribution in [3.8, 4) is 0 Å². The molecule has 0 saturated heterocycles. The van der Waals surface area contributed by atoms with Crippen LogP contribution in [0.4, 0.5) is 0 Å². The van der Waals surface area contributed by atoms with E-state index in [9.17, 15) is 9.59 Å². The van der Waals surface area contributed by atoms with E-state index in [0.29, 0.717) is 6.42 Å². The van der Waals surface area contributed by atoms with E-state index in [4.69, 9.17) is 5.11 Å². The summed E-state index contributed by atoms with van der Waals surface area (Å²) < 4.78 is 0. The van der Waals surface area contributed by atoms with E-state index in [-0.39, 0.29) is 11.4 Å². The first-order valence-corrected chi connectivity index (χ1v) is 9.90. The van der Waals surface area contributed by atoms with Gasteiger partial charge in [-0.3, -0.25) is 4.79 Å². The maximum Gasteiger partial charge on any atom is 0.338 e. The molecule has 24 heavy (non-hydrogen) atoms. The lowest BCUT2D eigenvalue weighted by Crippen LogP contribution is -2.10. The fourth-order valence-electron chi connectivity index (χ4n) is 2.88. The average molecular weight is 339 g/mol. The number of rotatable bonds is 17. The molecule has 0 amide bonds. The Morgan fingerprint density at radius 3 is 1.50 bits per heavy atom. The van der Waals surface area contributed by atoms with Crippen molar-refractivity contribution in [1.82, 2.24) is 0 Å². The van der Waals surface area contributed by atoms with E-state index in [0.717, 1.165) is 25.2 Å². The van der Waals surface area contributed by atoms with Crippen LogP contribution >= 0.6 is 0 Å². The van der Waals surface area contributed by atoms with E-state index >= 15 is 0 Å². The molecule has 0 aromatic carbocycles. The van der Waals surface area contributed by atoms with Crippen molar-refractivity contribution >= 4 is 11.8 Å². The summed E-state index contributed by atoms with van der Waals surface area (Å²) in [5, 5.41) is 8.66. The van der Waals surface area contributed by atoms with Crippen LogP contribution < -0.4 is 0 Å². The Kier molecular flexibility index (Phi) is 14.7. The first kappa shape index (κ1) is 22.9. The zero-order chi connectivity index (χ0) is 18.2. The molecule has 0 unspecified atom stereocenters. The summed E-state index contributed by atoms with van der Waals surface area (Å²) in [5.74, 6) is -0.671. The monoisotopic (exact) mass is 338 g/mol. The molecule has 0 aromatic heterocycles. The molecule has 0 radical (unpaired) electrons. The molecule has 0 heterocycles. The summed E-state index contributed by atoms with van der Waals surface area (Å²) >= 11 is 0. The topological polar surface area (TPSA) is 54.4 Å². The van der Waals surface area contributed by atoms with Crippen LogP contribution in [0.3, 0.4) is 0 Å². The van der Waals surface area contributed by atoms with E-state index < -0.39 is 5.97 Å². The Balaban J connectivity index is 3.22. The molecule has 0 bridgehead atoms. The molecule has 3 heteroatoms. The molecular formula is C21H38O3. The SMILES string of the molecule is C=C(C(=O)O)C(=O)CCCCCCCCCCCCCCC(C)C. The number of Topliss-reactive ketones (excluding diaryl/α,β-unsaturated/α-hetero) is 1. The number of aliphatic carboxylic acids is 1. The third-order valence-corrected chi connectivity index (χ3v) is 4.53. The fourth-order valence-corrected chi connectivity index (χ4v) is 2.88. The van der Waals surface area contributed by atoms with Gasteiger partial charge in [-0.25, -0.2) is 4.79 Å². The number of ketones is 1. The van der Waals surface area contributed by atoms with Crippen LogP contribution in [0.5, 0.6) is 0 Å². The minimum atomic E-state index is -1.19. The second-order valence-electron chi connectivity index (χ2n) is 7.38. The van der Waals surface area contributed by atoms with Crippen molar-refractivity contribution in [3.05, 3.63) is 12.2 Å². The van der Waals surface area contributed by atoms with Gasteiger partial charge in [-0.15, -0.1) is 0 Å². The van der Waals surface area contributed by atoms with Gasteiger partial charge < -0.3 is 5.11 Å². The van der Waals surface area contributed by atoms with E-state index in [2.05, 4.69) is 20.4 Å². The number of carbonyl (C=O) groups is 2. The van der Waals surface area contributed by atoms with Crippen LogP contribution in [-0.2, 0) is 9.59 Å². The van der Waals surface area contributed by atoms with Gasteiger partial charge in [0, 0.05) is 6.42 Å². The summed E-state index contributed by atoms with van der Waals surface area (Å²) in [6, 6.07) is 0.